The zero-order valence-electron chi connectivity index (χ0n) is 13.1. The number of aromatic nitrogens is 2. The van der Waals surface area contributed by atoms with Crippen molar-refractivity contribution in [3.05, 3.63) is 46.5 Å². The Morgan fingerprint density at radius 1 is 1.24 bits per heavy atom. The number of hydrogen-bond acceptors (Lipinski definition) is 5. The number of nitrogen functional groups attached to an aromatic ring is 1. The molecule has 1 heterocycles. The number of nitrogens with one attached hydrogen (secondary N) is 2. The van der Waals surface area contributed by atoms with Crippen LogP contribution in [-0.2, 0) is 0 Å². The summed E-state index contributed by atoms with van der Waals surface area (Å²) in [7, 11) is 1.42. The number of fused-ring (bicyclic) bond motifs is 1. The van der Waals surface area contributed by atoms with Gasteiger partial charge in [-0.25, -0.2) is 10.8 Å². The number of aromatic amines is 1. The predicted molar refractivity (Wildman–Crippen MR) is 93.3 cm³/mol. The maximum Gasteiger partial charge on any atom is 0.265 e. The quantitative estimate of drug-likeness (QED) is 0.318. The van der Waals surface area contributed by atoms with Crippen LogP contribution in [0.4, 0.5) is 0 Å². The molecule has 8 nitrogen and oxygen atoms in total. The Labute approximate surface area is 147 Å². The van der Waals surface area contributed by atoms with E-state index in [2.05, 4.69) is 15.4 Å². The maximum absolute atomic E-state index is 12.0. The molecule has 2 amide bonds. The molecule has 3 rings (SSSR count). The zero-order valence-corrected chi connectivity index (χ0v) is 13.8. The van der Waals surface area contributed by atoms with Crippen molar-refractivity contribution in [2.75, 3.05) is 7.11 Å². The van der Waals surface area contributed by atoms with Crippen molar-refractivity contribution in [1.29, 1.82) is 0 Å². The topological polar surface area (TPSA) is 136 Å². The van der Waals surface area contributed by atoms with Gasteiger partial charge in [0.25, 0.3) is 11.8 Å². The predicted octanol–water partition coefficient (Wildman–Crippen LogP) is 1.59. The Morgan fingerprint density at radius 3 is 2.64 bits per heavy atom. The van der Waals surface area contributed by atoms with Crippen LogP contribution in [-0.4, -0.2) is 28.9 Å². The van der Waals surface area contributed by atoms with Gasteiger partial charge in [-0.15, -0.1) is 0 Å². The number of benzene rings is 2. The molecule has 9 heteroatoms. The van der Waals surface area contributed by atoms with Crippen LogP contribution in [0.2, 0.25) is 5.02 Å². The normalized spacial score (nSPS) is 10.7. The summed E-state index contributed by atoms with van der Waals surface area (Å²) >= 11 is 5.96. The number of H-pyrrole nitrogens is 1. The Kier molecular flexibility index (Phi) is 4.30. The number of halogens is 1. The number of primary amides is 1. The number of amides is 2. The highest BCUT2D eigenvalue weighted by molar-refractivity contribution is 6.31. The fourth-order valence-corrected chi connectivity index (χ4v) is 2.74. The maximum atomic E-state index is 12.0. The molecule has 2 aromatic carbocycles. The number of nitrogens with zero attached hydrogens (tertiary/aromatic N) is 1. The van der Waals surface area contributed by atoms with Crippen LogP contribution >= 0.6 is 11.6 Å². The molecular formula is C16H14ClN5O3. The van der Waals surface area contributed by atoms with Gasteiger partial charge in [0.2, 0.25) is 0 Å². The summed E-state index contributed by atoms with van der Waals surface area (Å²) < 4.78 is 5.28. The molecule has 128 valence electrons. The highest BCUT2D eigenvalue weighted by atomic mass is 35.5. The molecule has 6 N–H and O–H groups in total. The van der Waals surface area contributed by atoms with Gasteiger partial charge in [-0.05, 0) is 30.3 Å². The van der Waals surface area contributed by atoms with E-state index in [1.807, 2.05) is 0 Å². The fourth-order valence-electron chi connectivity index (χ4n) is 2.57. The molecular weight excluding hydrogens is 346 g/mol. The van der Waals surface area contributed by atoms with E-state index in [-0.39, 0.29) is 16.9 Å². The molecule has 1 aromatic heterocycles. The van der Waals surface area contributed by atoms with E-state index in [1.54, 1.807) is 24.3 Å². The summed E-state index contributed by atoms with van der Waals surface area (Å²) in [6.07, 6.45) is 0. The van der Waals surface area contributed by atoms with Gasteiger partial charge < -0.3 is 15.5 Å². The van der Waals surface area contributed by atoms with E-state index < -0.39 is 11.8 Å². The number of imidazole rings is 1. The minimum atomic E-state index is -0.627. The van der Waals surface area contributed by atoms with Crippen LogP contribution in [0.25, 0.3) is 22.4 Å². The zero-order chi connectivity index (χ0) is 18.1. The van der Waals surface area contributed by atoms with Crippen molar-refractivity contribution in [3.63, 3.8) is 0 Å². The van der Waals surface area contributed by atoms with Crippen molar-refractivity contribution in [3.8, 4) is 17.1 Å². The van der Waals surface area contributed by atoms with Gasteiger partial charge in [-0.2, -0.15) is 0 Å². The molecule has 0 radical (unpaired) electrons. The molecule has 0 unspecified atom stereocenters. The van der Waals surface area contributed by atoms with Crippen LogP contribution in [0.15, 0.2) is 30.3 Å². The van der Waals surface area contributed by atoms with E-state index in [0.29, 0.717) is 27.4 Å². The first kappa shape index (κ1) is 16.7. The minimum Gasteiger partial charge on any atom is -0.494 e. The van der Waals surface area contributed by atoms with Gasteiger partial charge in [-0.1, -0.05) is 11.6 Å². The van der Waals surface area contributed by atoms with Crippen molar-refractivity contribution in [2.45, 2.75) is 0 Å². The number of methoxy groups -OCH3 is 1. The van der Waals surface area contributed by atoms with Gasteiger partial charge in [0.1, 0.15) is 11.3 Å². The molecule has 0 aliphatic heterocycles. The molecule has 0 fully saturated rings. The molecule has 0 saturated heterocycles. The molecule has 0 saturated carbocycles. The number of hydrogen-bond donors (Lipinski definition) is 4. The lowest BCUT2D eigenvalue weighted by Gasteiger charge is -2.06. The third kappa shape index (κ3) is 2.88. The summed E-state index contributed by atoms with van der Waals surface area (Å²) in [4.78, 5) is 31.1. The van der Waals surface area contributed by atoms with Crippen LogP contribution < -0.4 is 21.7 Å². The first-order valence-corrected chi connectivity index (χ1v) is 7.51. The van der Waals surface area contributed by atoms with Crippen molar-refractivity contribution >= 4 is 34.4 Å². The van der Waals surface area contributed by atoms with Gasteiger partial charge in [-0.3, -0.25) is 15.0 Å². The second-order valence-corrected chi connectivity index (χ2v) is 5.59. The summed E-state index contributed by atoms with van der Waals surface area (Å²) in [5, 5.41) is 0.382. The number of rotatable bonds is 4. The number of carbonyl (C=O) groups is 2. The molecule has 0 spiro atoms. The number of ether oxygens (including phenoxy) is 1. The van der Waals surface area contributed by atoms with Crippen molar-refractivity contribution in [1.82, 2.24) is 15.4 Å². The van der Waals surface area contributed by atoms with Crippen LogP contribution in [0.3, 0.4) is 0 Å². The van der Waals surface area contributed by atoms with Crippen LogP contribution in [0.1, 0.15) is 20.7 Å². The summed E-state index contributed by atoms with van der Waals surface area (Å²) in [6, 6.07) is 7.96. The third-order valence-corrected chi connectivity index (χ3v) is 3.93. The lowest BCUT2D eigenvalue weighted by molar-refractivity contribution is 0.0952. The van der Waals surface area contributed by atoms with E-state index in [4.69, 9.17) is 27.9 Å². The monoisotopic (exact) mass is 359 g/mol. The van der Waals surface area contributed by atoms with Crippen molar-refractivity contribution in [2.24, 2.45) is 11.6 Å². The SMILES string of the molecule is COc1c(C(N)=O)ccc2[nH]c(-c3ccc(Cl)cc3C(=O)NN)nc12. The molecule has 25 heavy (non-hydrogen) atoms. The summed E-state index contributed by atoms with van der Waals surface area (Å²) in [5.74, 6) is 4.74. The molecule has 0 atom stereocenters. The Balaban J connectivity index is 2.25. The number of hydrazine groups is 1. The standard InChI is InChI=1S/C16H14ClN5O3/c1-25-13-9(14(18)23)4-5-11-12(13)21-15(20-11)8-3-2-7(17)6-10(8)16(24)22-19/h2-6H,19H2,1H3,(H2,18,23)(H,20,21)(H,22,24). The summed E-state index contributed by atoms with van der Waals surface area (Å²) in [5.41, 5.74) is 9.43. The molecule has 0 aliphatic rings. The largest absolute Gasteiger partial charge is 0.494 e. The van der Waals surface area contributed by atoms with E-state index in [9.17, 15) is 9.59 Å². The van der Waals surface area contributed by atoms with E-state index >= 15 is 0 Å². The van der Waals surface area contributed by atoms with E-state index in [1.165, 1.54) is 13.2 Å². The fraction of sp³-hybridized carbons (Fsp3) is 0.0625. The van der Waals surface area contributed by atoms with Crippen LogP contribution in [0, 0.1) is 0 Å². The van der Waals surface area contributed by atoms with Gasteiger partial charge in [0.05, 0.1) is 23.8 Å². The third-order valence-electron chi connectivity index (χ3n) is 3.69. The average molecular weight is 360 g/mol. The van der Waals surface area contributed by atoms with E-state index in [0.717, 1.165) is 0 Å². The Morgan fingerprint density at radius 2 is 2.00 bits per heavy atom. The average Bonchev–Trinajstić information content (AvgIpc) is 3.03. The van der Waals surface area contributed by atoms with Crippen molar-refractivity contribution < 1.29 is 14.3 Å². The number of carbonyl (C=O) groups excluding carboxylic acids is 2. The molecule has 3 aromatic rings. The Bertz CT molecular complexity index is 999. The van der Waals surface area contributed by atoms with Gasteiger partial charge in [0.15, 0.2) is 5.75 Å². The highest BCUT2D eigenvalue weighted by Crippen LogP contribution is 2.32. The van der Waals surface area contributed by atoms with Crippen LogP contribution in [0.5, 0.6) is 5.75 Å². The first-order chi connectivity index (χ1) is 12.0. The van der Waals surface area contributed by atoms with Gasteiger partial charge in [0, 0.05) is 10.6 Å². The second kappa shape index (κ2) is 6.42. The lowest BCUT2D eigenvalue weighted by Crippen LogP contribution is -2.30. The summed E-state index contributed by atoms with van der Waals surface area (Å²) in [6.45, 7) is 0. The highest BCUT2D eigenvalue weighted by Gasteiger charge is 2.19. The number of nitrogens with two attached hydrogens (primary N) is 2. The molecule has 0 bridgehead atoms. The lowest BCUT2D eigenvalue weighted by atomic mass is 10.1. The Hall–Kier alpha value is -3.10. The minimum absolute atomic E-state index is 0.212. The second-order valence-electron chi connectivity index (χ2n) is 5.16. The smallest absolute Gasteiger partial charge is 0.265 e. The first-order valence-electron chi connectivity index (χ1n) is 7.13. The molecule has 0 aliphatic carbocycles. The van der Waals surface area contributed by atoms with Gasteiger partial charge >= 0.3 is 0 Å².